The van der Waals surface area contributed by atoms with Crippen molar-refractivity contribution in [1.29, 1.82) is 0 Å². The SMILES string of the molecule is C1=CCC(c2cc(C3=CC=C(c4ccccc4)CC3)nc(-c3ccc(N4c5ccccc5C5C=CC6=C(c7cccc8c7C6CC=C8)C54)cc3)n2)=C1. The average molecular weight is 668 g/mol. The highest BCUT2D eigenvalue weighted by Crippen LogP contribution is 2.59. The molecule has 4 aromatic carbocycles. The van der Waals surface area contributed by atoms with Crippen molar-refractivity contribution in [3.8, 4) is 11.4 Å². The van der Waals surface area contributed by atoms with Crippen LogP contribution >= 0.6 is 0 Å². The molecule has 0 N–H and O–H groups in total. The standard InChI is InChI=1S/C49H37N3/c1-2-10-31(11-3-1)32-20-22-34(23-21-32)44-30-43(33-12-4-5-13-33)50-49(51-44)36-24-26-37(27-25-36)52-45-19-7-6-16-38(45)41-29-28-40-39-17-8-14-35-15-9-18-42(46(35)39)47(40)48(41)52/h1-12,14-16,18-20,22,24-30,39,41,48H,13,17,21,23H2. The lowest BCUT2D eigenvalue weighted by Gasteiger charge is -2.34. The lowest BCUT2D eigenvalue weighted by molar-refractivity contribution is 0.748. The van der Waals surface area contributed by atoms with Crippen LogP contribution in [0.3, 0.4) is 0 Å². The molecule has 1 aliphatic heterocycles. The van der Waals surface area contributed by atoms with Crippen molar-refractivity contribution in [2.24, 2.45) is 0 Å². The Hall–Kier alpha value is -6.06. The molecule has 3 unspecified atom stereocenters. The van der Waals surface area contributed by atoms with Crippen LogP contribution in [0.1, 0.15) is 76.7 Å². The third kappa shape index (κ3) is 4.58. The van der Waals surface area contributed by atoms with Crippen LogP contribution in [0.5, 0.6) is 0 Å². The maximum absolute atomic E-state index is 5.23. The summed E-state index contributed by atoms with van der Waals surface area (Å²) in [5, 5.41) is 0. The minimum atomic E-state index is 0.209. The quantitative estimate of drug-likeness (QED) is 0.187. The Balaban J connectivity index is 0.982. The molecule has 1 aromatic heterocycles. The van der Waals surface area contributed by atoms with Gasteiger partial charge in [-0.05, 0) is 118 Å². The summed E-state index contributed by atoms with van der Waals surface area (Å²) in [4.78, 5) is 13.0. The number of rotatable bonds is 5. The van der Waals surface area contributed by atoms with E-state index in [1.165, 1.54) is 67.1 Å². The molecule has 0 radical (unpaired) electrons. The van der Waals surface area contributed by atoms with Crippen molar-refractivity contribution in [1.82, 2.24) is 9.97 Å². The molecule has 5 aliphatic carbocycles. The molecule has 0 saturated carbocycles. The fraction of sp³-hybridized carbons (Fsp3) is 0.143. The highest BCUT2D eigenvalue weighted by Gasteiger charge is 2.47. The van der Waals surface area contributed by atoms with Gasteiger partial charge < -0.3 is 4.90 Å². The van der Waals surface area contributed by atoms with Crippen molar-refractivity contribution >= 4 is 39.7 Å². The molecule has 3 nitrogen and oxygen atoms in total. The van der Waals surface area contributed by atoms with E-state index in [1.54, 1.807) is 0 Å². The number of anilines is 2. The van der Waals surface area contributed by atoms with Gasteiger partial charge in [-0.3, -0.25) is 0 Å². The van der Waals surface area contributed by atoms with E-state index in [2.05, 4.69) is 163 Å². The zero-order chi connectivity index (χ0) is 34.2. The van der Waals surface area contributed by atoms with E-state index in [0.717, 1.165) is 48.5 Å². The molecule has 52 heavy (non-hydrogen) atoms. The minimum absolute atomic E-state index is 0.209. The van der Waals surface area contributed by atoms with Crippen LogP contribution in [0, 0.1) is 0 Å². The molecular formula is C49H37N3. The fourth-order valence-electron chi connectivity index (χ4n) is 9.51. The first-order valence-corrected chi connectivity index (χ1v) is 18.7. The first-order chi connectivity index (χ1) is 25.8. The smallest absolute Gasteiger partial charge is 0.160 e. The number of fused-ring (bicyclic) bond motifs is 6. The highest BCUT2D eigenvalue weighted by molar-refractivity contribution is 5.94. The maximum Gasteiger partial charge on any atom is 0.160 e. The van der Waals surface area contributed by atoms with Gasteiger partial charge in [-0.1, -0.05) is 121 Å². The molecule has 11 rings (SSSR count). The lowest BCUT2D eigenvalue weighted by Crippen LogP contribution is -2.32. The molecule has 6 aliphatic rings. The summed E-state index contributed by atoms with van der Waals surface area (Å²) >= 11 is 0. The lowest BCUT2D eigenvalue weighted by atomic mass is 9.80. The van der Waals surface area contributed by atoms with E-state index in [1.807, 2.05) is 0 Å². The number of hydrogen-bond donors (Lipinski definition) is 0. The summed E-state index contributed by atoms with van der Waals surface area (Å²) in [6.45, 7) is 0. The normalized spacial score (nSPS) is 21.7. The van der Waals surface area contributed by atoms with Gasteiger partial charge in [0.25, 0.3) is 0 Å². The monoisotopic (exact) mass is 667 g/mol. The number of benzene rings is 4. The molecule has 5 aromatic rings. The molecule has 0 spiro atoms. The van der Waals surface area contributed by atoms with Crippen LogP contribution in [0.2, 0.25) is 0 Å². The molecule has 248 valence electrons. The molecule has 0 amide bonds. The topological polar surface area (TPSA) is 29.0 Å². The number of hydrogen-bond acceptors (Lipinski definition) is 3. The van der Waals surface area contributed by atoms with Gasteiger partial charge in [0.2, 0.25) is 0 Å². The second kappa shape index (κ2) is 11.7. The van der Waals surface area contributed by atoms with Gasteiger partial charge in [0.1, 0.15) is 0 Å². The van der Waals surface area contributed by atoms with E-state index in [0.29, 0.717) is 11.8 Å². The summed E-state index contributed by atoms with van der Waals surface area (Å²) in [5.41, 5.74) is 19.5. The minimum Gasteiger partial charge on any atom is -0.333 e. The predicted molar refractivity (Wildman–Crippen MR) is 215 cm³/mol. The molecule has 0 bridgehead atoms. The maximum atomic E-state index is 5.23. The summed E-state index contributed by atoms with van der Waals surface area (Å²) in [7, 11) is 0. The Morgan fingerprint density at radius 2 is 1.46 bits per heavy atom. The molecule has 0 fully saturated rings. The Morgan fingerprint density at radius 3 is 2.29 bits per heavy atom. The zero-order valence-electron chi connectivity index (χ0n) is 28.9. The van der Waals surface area contributed by atoms with Crippen LogP contribution in [0.4, 0.5) is 11.4 Å². The second-order valence-corrected chi connectivity index (χ2v) is 14.7. The van der Waals surface area contributed by atoms with Gasteiger partial charge in [-0.2, -0.15) is 0 Å². The number of nitrogens with zero attached hydrogens (tertiary/aromatic N) is 3. The highest BCUT2D eigenvalue weighted by atomic mass is 15.2. The number of aromatic nitrogens is 2. The van der Waals surface area contributed by atoms with Crippen LogP contribution in [0.15, 0.2) is 157 Å². The largest absolute Gasteiger partial charge is 0.333 e. The van der Waals surface area contributed by atoms with Crippen LogP contribution in [0.25, 0.3) is 39.8 Å². The van der Waals surface area contributed by atoms with Crippen molar-refractivity contribution in [2.45, 2.75) is 43.6 Å². The van der Waals surface area contributed by atoms with Crippen molar-refractivity contribution in [3.05, 3.63) is 197 Å². The van der Waals surface area contributed by atoms with Gasteiger partial charge in [0.05, 0.1) is 17.4 Å². The van der Waals surface area contributed by atoms with E-state index in [-0.39, 0.29) is 6.04 Å². The Bertz CT molecular complexity index is 2520. The van der Waals surface area contributed by atoms with Crippen molar-refractivity contribution < 1.29 is 0 Å². The summed E-state index contributed by atoms with van der Waals surface area (Å²) in [5.74, 6) is 1.52. The van der Waals surface area contributed by atoms with Crippen LogP contribution < -0.4 is 4.90 Å². The third-order valence-electron chi connectivity index (χ3n) is 11.9. The second-order valence-electron chi connectivity index (χ2n) is 14.7. The Kier molecular flexibility index (Phi) is 6.70. The molecule has 3 atom stereocenters. The molecule has 0 saturated heterocycles. The van der Waals surface area contributed by atoms with E-state index >= 15 is 0 Å². The van der Waals surface area contributed by atoms with Crippen molar-refractivity contribution in [2.75, 3.05) is 4.90 Å². The fourth-order valence-corrected chi connectivity index (χ4v) is 9.51. The van der Waals surface area contributed by atoms with Gasteiger partial charge in [-0.15, -0.1) is 0 Å². The van der Waals surface area contributed by atoms with Gasteiger partial charge in [-0.25, -0.2) is 9.97 Å². The molecule has 3 heteroatoms. The van der Waals surface area contributed by atoms with E-state index in [4.69, 9.17) is 9.97 Å². The van der Waals surface area contributed by atoms with E-state index in [9.17, 15) is 0 Å². The van der Waals surface area contributed by atoms with Crippen LogP contribution in [-0.2, 0) is 0 Å². The predicted octanol–water partition coefficient (Wildman–Crippen LogP) is 11.9. The summed E-state index contributed by atoms with van der Waals surface area (Å²) < 4.78 is 0. The average Bonchev–Trinajstić information content (AvgIpc) is 3.95. The molecule has 2 heterocycles. The van der Waals surface area contributed by atoms with Crippen LogP contribution in [-0.4, -0.2) is 16.0 Å². The summed E-state index contributed by atoms with van der Waals surface area (Å²) in [6, 6.07) is 38.0. The first-order valence-electron chi connectivity index (χ1n) is 18.7. The van der Waals surface area contributed by atoms with Crippen molar-refractivity contribution in [3.63, 3.8) is 0 Å². The van der Waals surface area contributed by atoms with E-state index < -0.39 is 0 Å². The van der Waals surface area contributed by atoms with Gasteiger partial charge in [0.15, 0.2) is 5.82 Å². The zero-order valence-corrected chi connectivity index (χ0v) is 28.9. The van der Waals surface area contributed by atoms with Gasteiger partial charge >= 0.3 is 0 Å². The summed E-state index contributed by atoms with van der Waals surface area (Å²) in [6.07, 6.45) is 24.6. The number of allylic oxidation sites excluding steroid dienone is 11. The third-order valence-corrected chi connectivity index (χ3v) is 11.9. The Labute approximate surface area is 305 Å². The van der Waals surface area contributed by atoms with Gasteiger partial charge in [0, 0.05) is 28.8 Å². The molecular weight excluding hydrogens is 631 g/mol. The Morgan fingerprint density at radius 1 is 0.654 bits per heavy atom. The first kappa shape index (κ1) is 29.6. The number of para-hydroxylation sites is 1.